The first-order valence-corrected chi connectivity index (χ1v) is 8.89. The maximum absolute atomic E-state index is 12.0. The fraction of sp³-hybridized carbons (Fsp3) is 0.615. The molecule has 7 heteroatoms. The van der Waals surface area contributed by atoms with Gasteiger partial charge in [-0.2, -0.15) is 16.3 Å². The van der Waals surface area contributed by atoms with Crippen molar-refractivity contribution >= 4 is 33.2 Å². The molecule has 0 aromatic carbocycles. The van der Waals surface area contributed by atoms with Crippen LogP contribution in [0, 0.1) is 0 Å². The van der Waals surface area contributed by atoms with E-state index in [1.807, 2.05) is 11.8 Å². The number of nitrogens with zero attached hydrogens (tertiary/aromatic N) is 3. The molecule has 1 aliphatic rings. The Bertz CT molecular complexity index is 675. The van der Waals surface area contributed by atoms with Crippen LogP contribution in [-0.2, 0) is 6.42 Å². The monoisotopic (exact) mass is 310 g/mol. The molecule has 1 aliphatic carbocycles. The first-order valence-electron chi connectivity index (χ1n) is 6.85. The number of hydrogen-bond donors (Lipinski definition) is 1. The molecular weight excluding hydrogens is 292 g/mol. The van der Waals surface area contributed by atoms with Gasteiger partial charge in [0.05, 0.1) is 0 Å². The molecule has 20 heavy (non-hydrogen) atoms. The van der Waals surface area contributed by atoms with E-state index in [4.69, 9.17) is 0 Å². The maximum atomic E-state index is 12.0. The summed E-state index contributed by atoms with van der Waals surface area (Å²) in [5.74, 6) is 0. The van der Waals surface area contributed by atoms with Gasteiger partial charge in [-0.25, -0.2) is 4.98 Å². The van der Waals surface area contributed by atoms with Gasteiger partial charge < -0.3 is 5.32 Å². The van der Waals surface area contributed by atoms with Gasteiger partial charge in [-0.15, -0.1) is 5.10 Å². The molecule has 2 aromatic rings. The lowest BCUT2D eigenvalue weighted by Crippen LogP contribution is -2.18. The highest BCUT2D eigenvalue weighted by Gasteiger charge is 2.41. The third kappa shape index (κ3) is 2.69. The molecule has 1 saturated carbocycles. The molecule has 0 aliphatic heterocycles. The fourth-order valence-electron chi connectivity index (χ4n) is 2.14. The van der Waals surface area contributed by atoms with Crippen LogP contribution in [0.25, 0.3) is 4.96 Å². The average Bonchev–Trinajstić information content (AvgIpc) is 3.10. The number of nitrogens with one attached hydrogen (secondary N) is 1. The van der Waals surface area contributed by atoms with Gasteiger partial charge in [-0.05, 0) is 25.5 Å². The SMILES string of the molecule is CCCc1cc(=O)n2nc(NCC3(SC)CC3)sc2n1. The van der Waals surface area contributed by atoms with Gasteiger partial charge in [0.2, 0.25) is 10.1 Å². The Hall–Kier alpha value is -1.08. The molecule has 0 atom stereocenters. The number of anilines is 1. The third-order valence-electron chi connectivity index (χ3n) is 3.61. The zero-order chi connectivity index (χ0) is 14.2. The Morgan fingerprint density at radius 1 is 1.55 bits per heavy atom. The molecule has 2 aromatic heterocycles. The molecule has 5 nitrogen and oxygen atoms in total. The van der Waals surface area contributed by atoms with Crippen molar-refractivity contribution in [3.05, 3.63) is 22.1 Å². The summed E-state index contributed by atoms with van der Waals surface area (Å²) in [6, 6.07) is 1.59. The van der Waals surface area contributed by atoms with Crippen LogP contribution in [0.2, 0.25) is 0 Å². The number of aryl methyl sites for hydroxylation is 1. The van der Waals surface area contributed by atoms with Gasteiger partial charge in [0.25, 0.3) is 5.56 Å². The maximum Gasteiger partial charge on any atom is 0.275 e. The number of aromatic nitrogens is 3. The minimum atomic E-state index is -0.0891. The first-order chi connectivity index (χ1) is 9.65. The smallest absolute Gasteiger partial charge is 0.275 e. The summed E-state index contributed by atoms with van der Waals surface area (Å²) < 4.78 is 1.77. The van der Waals surface area contributed by atoms with Crippen molar-refractivity contribution in [2.24, 2.45) is 0 Å². The minimum absolute atomic E-state index is 0.0891. The van der Waals surface area contributed by atoms with Gasteiger partial charge >= 0.3 is 0 Å². The molecule has 1 fully saturated rings. The van der Waals surface area contributed by atoms with Crippen LogP contribution in [-0.4, -0.2) is 32.1 Å². The molecule has 0 radical (unpaired) electrons. The number of rotatable bonds is 6. The van der Waals surface area contributed by atoms with Gasteiger partial charge in [-0.1, -0.05) is 24.7 Å². The molecule has 2 heterocycles. The van der Waals surface area contributed by atoms with E-state index in [0.29, 0.717) is 9.71 Å². The van der Waals surface area contributed by atoms with Crippen molar-refractivity contribution in [1.29, 1.82) is 0 Å². The van der Waals surface area contributed by atoms with Crippen LogP contribution in [0.5, 0.6) is 0 Å². The summed E-state index contributed by atoms with van der Waals surface area (Å²) in [7, 11) is 0. The second-order valence-corrected chi connectivity index (χ2v) is 7.41. The van der Waals surface area contributed by atoms with E-state index in [2.05, 4.69) is 28.6 Å². The van der Waals surface area contributed by atoms with Gasteiger partial charge in [-0.3, -0.25) is 4.79 Å². The molecule has 0 unspecified atom stereocenters. The molecule has 0 saturated heterocycles. The van der Waals surface area contributed by atoms with E-state index >= 15 is 0 Å². The first kappa shape index (κ1) is 13.9. The van der Waals surface area contributed by atoms with Crippen molar-refractivity contribution in [3.63, 3.8) is 0 Å². The van der Waals surface area contributed by atoms with Gasteiger partial charge in [0, 0.05) is 23.1 Å². The van der Waals surface area contributed by atoms with Crippen LogP contribution < -0.4 is 10.9 Å². The van der Waals surface area contributed by atoms with E-state index < -0.39 is 0 Å². The van der Waals surface area contributed by atoms with Crippen molar-refractivity contribution in [2.45, 2.75) is 37.4 Å². The Labute approximate surface area is 125 Å². The molecule has 0 bridgehead atoms. The van der Waals surface area contributed by atoms with Crippen LogP contribution in [0.4, 0.5) is 5.13 Å². The zero-order valence-electron chi connectivity index (χ0n) is 11.7. The lowest BCUT2D eigenvalue weighted by Gasteiger charge is -2.11. The average molecular weight is 310 g/mol. The Balaban J connectivity index is 1.83. The van der Waals surface area contributed by atoms with Crippen molar-refractivity contribution in [3.8, 4) is 0 Å². The standard InChI is InChI=1S/C13H18N4OS2/c1-3-4-9-7-10(18)17-12(15-9)20-11(16-17)14-8-13(19-2)5-6-13/h7H,3-6,8H2,1-2H3,(H,14,16). The second kappa shape index (κ2) is 5.37. The number of thioether (sulfide) groups is 1. The predicted octanol–water partition coefficient (Wildman–Crippen LogP) is 2.41. The summed E-state index contributed by atoms with van der Waals surface area (Å²) in [5.41, 5.74) is 0.768. The van der Waals surface area contributed by atoms with Crippen LogP contribution in [0.3, 0.4) is 0 Å². The van der Waals surface area contributed by atoms with Crippen LogP contribution in [0.1, 0.15) is 31.9 Å². The Kier molecular flexibility index (Phi) is 3.72. The Morgan fingerprint density at radius 3 is 3.00 bits per heavy atom. The lowest BCUT2D eigenvalue weighted by molar-refractivity contribution is 0.837. The van der Waals surface area contributed by atoms with E-state index in [1.165, 1.54) is 28.7 Å². The summed E-state index contributed by atoms with van der Waals surface area (Å²) in [6.45, 7) is 2.99. The van der Waals surface area contributed by atoms with Crippen LogP contribution in [0.15, 0.2) is 10.9 Å². The van der Waals surface area contributed by atoms with Crippen molar-refractivity contribution in [1.82, 2.24) is 14.6 Å². The summed E-state index contributed by atoms with van der Waals surface area (Å²) >= 11 is 3.36. The van der Waals surface area contributed by atoms with E-state index in [9.17, 15) is 4.79 Å². The number of fused-ring (bicyclic) bond motifs is 1. The highest BCUT2D eigenvalue weighted by molar-refractivity contribution is 8.00. The highest BCUT2D eigenvalue weighted by atomic mass is 32.2. The van der Waals surface area contributed by atoms with E-state index in [0.717, 1.165) is 30.2 Å². The molecular formula is C13H18N4OS2. The molecule has 1 N–H and O–H groups in total. The zero-order valence-corrected chi connectivity index (χ0v) is 13.3. The topological polar surface area (TPSA) is 59.3 Å². The number of hydrogen-bond acceptors (Lipinski definition) is 6. The van der Waals surface area contributed by atoms with Gasteiger partial charge in [0.15, 0.2) is 0 Å². The summed E-state index contributed by atoms with van der Waals surface area (Å²) in [4.78, 5) is 17.2. The normalized spacial score (nSPS) is 16.5. The highest BCUT2D eigenvalue weighted by Crippen LogP contribution is 2.47. The van der Waals surface area contributed by atoms with Crippen molar-refractivity contribution < 1.29 is 0 Å². The largest absolute Gasteiger partial charge is 0.359 e. The molecule has 0 spiro atoms. The van der Waals surface area contributed by atoms with Gasteiger partial charge in [0.1, 0.15) is 0 Å². The second-order valence-electron chi connectivity index (χ2n) is 5.18. The molecule has 0 amide bonds. The molecule has 3 rings (SSSR count). The lowest BCUT2D eigenvalue weighted by atomic mass is 10.2. The summed E-state index contributed by atoms with van der Waals surface area (Å²) in [6.07, 6.45) is 6.48. The molecule has 108 valence electrons. The van der Waals surface area contributed by atoms with Crippen LogP contribution >= 0.6 is 23.1 Å². The van der Waals surface area contributed by atoms with Crippen molar-refractivity contribution in [2.75, 3.05) is 18.1 Å². The van der Waals surface area contributed by atoms with E-state index in [-0.39, 0.29) is 5.56 Å². The third-order valence-corrected chi connectivity index (χ3v) is 5.89. The Morgan fingerprint density at radius 2 is 2.35 bits per heavy atom. The summed E-state index contributed by atoms with van der Waals surface area (Å²) in [5, 5.41) is 8.45. The predicted molar refractivity (Wildman–Crippen MR) is 85.1 cm³/mol. The minimum Gasteiger partial charge on any atom is -0.359 e. The van der Waals surface area contributed by atoms with E-state index in [1.54, 1.807) is 6.07 Å². The quantitative estimate of drug-likeness (QED) is 0.888. The fourth-order valence-corrected chi connectivity index (χ4v) is 3.69.